The van der Waals surface area contributed by atoms with Crippen LogP contribution in [0.3, 0.4) is 0 Å². The van der Waals surface area contributed by atoms with Crippen molar-refractivity contribution in [1.82, 2.24) is 4.90 Å². The number of likely N-dealkylation sites (N-methyl/N-ethyl adjacent to an activating group) is 1. The van der Waals surface area contributed by atoms with Crippen molar-refractivity contribution in [3.63, 3.8) is 0 Å². The van der Waals surface area contributed by atoms with E-state index in [0.29, 0.717) is 17.5 Å². The van der Waals surface area contributed by atoms with E-state index < -0.39 is 0 Å². The molecule has 0 amide bonds. The minimum atomic E-state index is 0.0779. The number of ketones is 1. The van der Waals surface area contributed by atoms with Crippen LogP contribution >= 0.6 is 15.9 Å². The molecule has 0 saturated carbocycles. The number of benzene rings is 2. The number of hydrogen-bond acceptors (Lipinski definition) is 3. The zero-order chi connectivity index (χ0) is 15.8. The molecular formula is C18H20BrNO2. The smallest absolute Gasteiger partial charge is 0.173 e. The largest absolute Gasteiger partial charge is 0.492 e. The fourth-order valence-electron chi connectivity index (χ4n) is 2.11. The van der Waals surface area contributed by atoms with Gasteiger partial charge in [-0.05, 0) is 36.9 Å². The van der Waals surface area contributed by atoms with Gasteiger partial charge in [0.15, 0.2) is 5.78 Å². The number of rotatable bonds is 8. The van der Waals surface area contributed by atoms with E-state index in [1.807, 2.05) is 18.2 Å². The summed E-state index contributed by atoms with van der Waals surface area (Å²) >= 11 is 3.17. The predicted octanol–water partition coefficient (Wildman–Crippen LogP) is 3.78. The molecule has 0 aliphatic carbocycles. The molecule has 2 aromatic rings. The number of hydrogen-bond donors (Lipinski definition) is 0. The molecule has 0 aromatic heterocycles. The van der Waals surface area contributed by atoms with Crippen LogP contribution in [0.4, 0.5) is 0 Å². The summed E-state index contributed by atoms with van der Waals surface area (Å²) in [6.07, 6.45) is 0. The van der Waals surface area contributed by atoms with E-state index in [-0.39, 0.29) is 5.78 Å². The summed E-state index contributed by atoms with van der Waals surface area (Å²) in [4.78, 5) is 13.7. The topological polar surface area (TPSA) is 29.5 Å². The summed E-state index contributed by atoms with van der Waals surface area (Å²) in [6.45, 7) is 2.37. The number of halogens is 1. The first-order valence-electron chi connectivity index (χ1n) is 7.23. The predicted molar refractivity (Wildman–Crippen MR) is 92.8 cm³/mol. The van der Waals surface area contributed by atoms with E-state index in [9.17, 15) is 4.79 Å². The van der Waals surface area contributed by atoms with Crippen molar-refractivity contribution in [3.8, 4) is 5.75 Å². The van der Waals surface area contributed by atoms with Gasteiger partial charge in [-0.2, -0.15) is 0 Å². The first-order chi connectivity index (χ1) is 10.7. The standard InChI is InChI=1S/C18H20BrNO2/c1-20(14-15-5-3-2-4-6-15)11-12-22-17-9-7-16(8-10-17)18(21)13-19/h2-10H,11-14H2,1H3. The summed E-state index contributed by atoms with van der Waals surface area (Å²) in [5.74, 6) is 0.869. The minimum absolute atomic E-state index is 0.0779. The SMILES string of the molecule is CN(CCOc1ccc(C(=O)CBr)cc1)Cc1ccccc1. The summed E-state index contributed by atoms with van der Waals surface area (Å²) in [7, 11) is 2.08. The molecule has 0 saturated heterocycles. The molecule has 0 aliphatic rings. The van der Waals surface area contributed by atoms with Crippen molar-refractivity contribution >= 4 is 21.7 Å². The van der Waals surface area contributed by atoms with E-state index in [0.717, 1.165) is 18.8 Å². The lowest BCUT2D eigenvalue weighted by molar-refractivity contribution is 0.102. The van der Waals surface area contributed by atoms with Crippen LogP contribution in [0.2, 0.25) is 0 Å². The normalized spacial score (nSPS) is 10.7. The summed E-state index contributed by atoms with van der Waals surface area (Å²) in [5.41, 5.74) is 1.99. The van der Waals surface area contributed by atoms with E-state index in [1.165, 1.54) is 5.56 Å². The Bertz CT molecular complexity index is 584. The van der Waals surface area contributed by atoms with Crippen molar-refractivity contribution in [3.05, 3.63) is 65.7 Å². The van der Waals surface area contributed by atoms with Crippen molar-refractivity contribution in [2.75, 3.05) is 25.5 Å². The van der Waals surface area contributed by atoms with Gasteiger partial charge in [0.1, 0.15) is 12.4 Å². The summed E-state index contributed by atoms with van der Waals surface area (Å²) < 4.78 is 5.72. The van der Waals surface area contributed by atoms with Gasteiger partial charge in [0, 0.05) is 18.7 Å². The first kappa shape index (κ1) is 16.7. The van der Waals surface area contributed by atoms with E-state index in [2.05, 4.69) is 52.1 Å². The number of carbonyl (C=O) groups excluding carboxylic acids is 1. The number of alkyl halides is 1. The van der Waals surface area contributed by atoms with Gasteiger partial charge in [-0.3, -0.25) is 9.69 Å². The second kappa shape index (κ2) is 8.71. The van der Waals surface area contributed by atoms with Gasteiger partial charge in [0.05, 0.1) is 5.33 Å². The van der Waals surface area contributed by atoms with Crippen LogP contribution in [0.5, 0.6) is 5.75 Å². The Morgan fingerprint density at radius 2 is 1.77 bits per heavy atom. The van der Waals surface area contributed by atoms with Crippen LogP contribution in [0, 0.1) is 0 Å². The van der Waals surface area contributed by atoms with Crippen LogP contribution in [-0.2, 0) is 6.54 Å². The monoisotopic (exact) mass is 361 g/mol. The van der Waals surface area contributed by atoms with E-state index >= 15 is 0 Å². The Labute approximate surface area is 140 Å². The lowest BCUT2D eigenvalue weighted by Gasteiger charge is -2.17. The zero-order valence-corrected chi connectivity index (χ0v) is 14.3. The molecule has 3 nitrogen and oxygen atoms in total. The molecule has 116 valence electrons. The second-order valence-electron chi connectivity index (χ2n) is 5.15. The lowest BCUT2D eigenvalue weighted by Crippen LogP contribution is -2.23. The maximum atomic E-state index is 11.5. The molecule has 22 heavy (non-hydrogen) atoms. The number of ether oxygens (including phenoxy) is 1. The van der Waals surface area contributed by atoms with Crippen LogP contribution in [-0.4, -0.2) is 36.2 Å². The number of carbonyl (C=O) groups is 1. The third-order valence-electron chi connectivity index (χ3n) is 3.33. The highest BCUT2D eigenvalue weighted by Gasteiger charge is 2.04. The molecule has 0 atom stereocenters. The number of Topliss-reactive ketones (excluding diaryl/α,β-unsaturated/α-hetero) is 1. The maximum Gasteiger partial charge on any atom is 0.173 e. The highest BCUT2D eigenvalue weighted by Crippen LogP contribution is 2.13. The van der Waals surface area contributed by atoms with Crippen molar-refractivity contribution < 1.29 is 9.53 Å². The fourth-order valence-corrected chi connectivity index (χ4v) is 2.43. The molecule has 2 rings (SSSR count). The molecule has 0 spiro atoms. The molecule has 0 unspecified atom stereocenters. The zero-order valence-electron chi connectivity index (χ0n) is 12.7. The molecule has 0 bridgehead atoms. The van der Waals surface area contributed by atoms with Gasteiger partial charge in [0.25, 0.3) is 0 Å². The van der Waals surface area contributed by atoms with Gasteiger partial charge in [-0.15, -0.1) is 0 Å². The minimum Gasteiger partial charge on any atom is -0.492 e. The van der Waals surface area contributed by atoms with Crippen LogP contribution < -0.4 is 4.74 Å². The average molecular weight is 362 g/mol. The lowest BCUT2D eigenvalue weighted by atomic mass is 10.1. The average Bonchev–Trinajstić information content (AvgIpc) is 2.55. The highest BCUT2D eigenvalue weighted by molar-refractivity contribution is 9.09. The fraction of sp³-hybridized carbons (Fsp3) is 0.278. The van der Waals surface area contributed by atoms with Gasteiger partial charge in [-0.1, -0.05) is 46.3 Å². The van der Waals surface area contributed by atoms with Gasteiger partial charge in [-0.25, -0.2) is 0 Å². The van der Waals surface area contributed by atoms with Crippen molar-refractivity contribution in [2.45, 2.75) is 6.54 Å². The summed E-state index contributed by atoms with van der Waals surface area (Å²) in [6, 6.07) is 17.6. The van der Waals surface area contributed by atoms with Gasteiger partial charge < -0.3 is 4.74 Å². The number of nitrogens with zero attached hydrogens (tertiary/aromatic N) is 1. The van der Waals surface area contributed by atoms with Crippen molar-refractivity contribution in [2.24, 2.45) is 0 Å². The Morgan fingerprint density at radius 3 is 2.41 bits per heavy atom. The molecular weight excluding hydrogens is 342 g/mol. The van der Waals surface area contributed by atoms with Crippen LogP contribution in [0.1, 0.15) is 15.9 Å². The van der Waals surface area contributed by atoms with Crippen molar-refractivity contribution in [1.29, 1.82) is 0 Å². The molecule has 0 heterocycles. The molecule has 0 N–H and O–H groups in total. The third kappa shape index (κ3) is 5.28. The molecule has 2 aromatic carbocycles. The van der Waals surface area contributed by atoms with E-state index in [1.54, 1.807) is 12.1 Å². The molecule has 4 heteroatoms. The molecule has 0 aliphatic heterocycles. The quantitative estimate of drug-likeness (QED) is 0.529. The van der Waals surface area contributed by atoms with Gasteiger partial charge in [0.2, 0.25) is 0 Å². The van der Waals surface area contributed by atoms with Gasteiger partial charge >= 0.3 is 0 Å². The Morgan fingerprint density at radius 1 is 1.09 bits per heavy atom. The third-order valence-corrected chi connectivity index (χ3v) is 3.84. The van der Waals surface area contributed by atoms with Crippen LogP contribution in [0.25, 0.3) is 0 Å². The van der Waals surface area contributed by atoms with E-state index in [4.69, 9.17) is 4.74 Å². The maximum absolute atomic E-state index is 11.5. The first-order valence-corrected chi connectivity index (χ1v) is 8.35. The Hall–Kier alpha value is -1.65. The highest BCUT2D eigenvalue weighted by atomic mass is 79.9. The molecule has 0 radical (unpaired) electrons. The second-order valence-corrected chi connectivity index (χ2v) is 5.71. The molecule has 0 fully saturated rings. The Balaban J connectivity index is 1.75. The van der Waals surface area contributed by atoms with Crippen LogP contribution in [0.15, 0.2) is 54.6 Å². The Kier molecular flexibility index (Phi) is 6.62. The summed E-state index contributed by atoms with van der Waals surface area (Å²) in [5, 5.41) is 0.345.